The topological polar surface area (TPSA) is 38.3 Å². The summed E-state index contributed by atoms with van der Waals surface area (Å²) in [4.78, 5) is 11.9. The number of benzene rings is 1. The second-order valence-electron chi connectivity index (χ2n) is 6.04. The van der Waals surface area contributed by atoms with Crippen LogP contribution in [0.15, 0.2) is 18.2 Å². The summed E-state index contributed by atoms with van der Waals surface area (Å²) in [6.45, 7) is 6.74. The maximum absolute atomic E-state index is 11.9. The molecule has 2 rings (SSSR count). The fraction of sp³-hybridized carbons (Fsp3) is 0.588. The smallest absolute Gasteiger partial charge is 0.411 e. The average Bonchev–Trinajstić information content (AvgIpc) is 3.29. The first-order chi connectivity index (χ1) is 10.0. The van der Waals surface area contributed by atoms with Gasteiger partial charge in [0.05, 0.1) is 11.6 Å². The van der Waals surface area contributed by atoms with E-state index in [-0.39, 0.29) is 6.61 Å². The molecule has 0 spiro atoms. The van der Waals surface area contributed by atoms with Gasteiger partial charge in [0.2, 0.25) is 0 Å². The van der Waals surface area contributed by atoms with Gasteiger partial charge in [-0.05, 0) is 41.7 Å². The zero-order valence-electron chi connectivity index (χ0n) is 13.0. The lowest BCUT2D eigenvalue weighted by molar-refractivity contribution is 0.168. The number of hydrogen-bond donors (Lipinski definition) is 1. The van der Waals surface area contributed by atoms with Gasteiger partial charge in [0.25, 0.3) is 0 Å². The summed E-state index contributed by atoms with van der Waals surface area (Å²) >= 11 is 5.56. The van der Waals surface area contributed by atoms with E-state index in [1.54, 1.807) is 0 Å². The van der Waals surface area contributed by atoms with Crippen LogP contribution in [0, 0.1) is 5.92 Å². The molecule has 0 bridgehead atoms. The molecule has 0 saturated heterocycles. The van der Waals surface area contributed by atoms with Crippen LogP contribution in [0.3, 0.4) is 0 Å². The number of anilines is 1. The average molecular weight is 310 g/mol. The molecule has 0 aliphatic heterocycles. The molecule has 1 atom stereocenters. The van der Waals surface area contributed by atoms with Crippen LogP contribution in [0.2, 0.25) is 0 Å². The van der Waals surface area contributed by atoms with E-state index in [9.17, 15) is 4.79 Å². The van der Waals surface area contributed by atoms with Crippen molar-refractivity contribution < 1.29 is 9.53 Å². The number of para-hydroxylation sites is 1. The Bertz CT molecular complexity index is 498. The van der Waals surface area contributed by atoms with Crippen LogP contribution < -0.4 is 5.32 Å². The van der Waals surface area contributed by atoms with E-state index in [1.165, 1.54) is 18.4 Å². The predicted octanol–water partition coefficient (Wildman–Crippen LogP) is 5.11. The van der Waals surface area contributed by atoms with E-state index in [4.69, 9.17) is 16.3 Å². The predicted molar refractivity (Wildman–Crippen MR) is 87.4 cm³/mol. The van der Waals surface area contributed by atoms with Crippen molar-refractivity contribution in [3.63, 3.8) is 0 Å². The van der Waals surface area contributed by atoms with E-state index in [2.05, 4.69) is 44.3 Å². The lowest BCUT2D eigenvalue weighted by atomic mass is 9.89. The summed E-state index contributed by atoms with van der Waals surface area (Å²) in [7, 11) is 0. The summed E-state index contributed by atoms with van der Waals surface area (Å²) in [6, 6.07) is 6.27. The summed E-state index contributed by atoms with van der Waals surface area (Å²) in [5, 5.41) is 2.94. The van der Waals surface area contributed by atoms with Gasteiger partial charge < -0.3 is 4.74 Å². The Hall–Kier alpha value is -1.22. The van der Waals surface area contributed by atoms with Crippen molar-refractivity contribution in [2.45, 2.75) is 45.4 Å². The van der Waals surface area contributed by atoms with Gasteiger partial charge in [0.15, 0.2) is 0 Å². The van der Waals surface area contributed by atoms with Crippen molar-refractivity contribution >= 4 is 23.4 Å². The zero-order valence-corrected chi connectivity index (χ0v) is 13.7. The molecule has 21 heavy (non-hydrogen) atoms. The normalized spacial score (nSPS) is 15.9. The molecule has 1 aliphatic carbocycles. The molecule has 4 heteroatoms. The number of rotatable bonds is 6. The van der Waals surface area contributed by atoms with Crippen LogP contribution in [-0.4, -0.2) is 18.6 Å². The molecular formula is C17H24ClNO2. The third-order valence-electron chi connectivity index (χ3n) is 4.11. The molecule has 3 nitrogen and oxygen atoms in total. The first-order valence-corrected chi connectivity index (χ1v) is 8.20. The summed E-state index contributed by atoms with van der Waals surface area (Å²) in [6.07, 6.45) is 2.14. The number of hydrogen-bond acceptors (Lipinski definition) is 2. The number of carbonyl (C=O) groups is 1. The summed E-state index contributed by atoms with van der Waals surface area (Å²) in [5.74, 6) is 1.86. The Morgan fingerprint density at radius 1 is 1.33 bits per heavy atom. The van der Waals surface area contributed by atoms with Gasteiger partial charge in [-0.25, -0.2) is 4.79 Å². The number of alkyl halides is 1. The van der Waals surface area contributed by atoms with Gasteiger partial charge in [-0.2, -0.15) is 0 Å². The highest BCUT2D eigenvalue weighted by molar-refractivity contribution is 6.18. The quantitative estimate of drug-likeness (QED) is 0.741. The maximum Gasteiger partial charge on any atom is 0.411 e. The van der Waals surface area contributed by atoms with Gasteiger partial charge in [-0.1, -0.05) is 39.0 Å². The number of halogens is 1. The molecule has 1 amide bonds. The second kappa shape index (κ2) is 7.17. The van der Waals surface area contributed by atoms with Crippen LogP contribution >= 0.6 is 11.6 Å². The molecule has 1 fully saturated rings. The molecular weight excluding hydrogens is 286 g/mol. The van der Waals surface area contributed by atoms with E-state index in [0.29, 0.717) is 17.7 Å². The van der Waals surface area contributed by atoms with Gasteiger partial charge in [-0.3, -0.25) is 5.32 Å². The number of ether oxygens (including phenoxy) is 1. The maximum atomic E-state index is 11.9. The Labute approximate surface area is 132 Å². The SMILES string of the molecule is CC(C)c1cccc([C@H](C)C2CC2)c1NC(=O)OCCCl. The highest BCUT2D eigenvalue weighted by Gasteiger charge is 2.31. The van der Waals surface area contributed by atoms with Crippen LogP contribution in [0.5, 0.6) is 0 Å². The van der Waals surface area contributed by atoms with Crippen molar-refractivity contribution in [3.8, 4) is 0 Å². The van der Waals surface area contributed by atoms with E-state index in [0.717, 1.165) is 17.2 Å². The molecule has 0 heterocycles. The minimum absolute atomic E-state index is 0.227. The highest BCUT2D eigenvalue weighted by Crippen LogP contribution is 2.45. The first-order valence-electron chi connectivity index (χ1n) is 7.67. The van der Waals surface area contributed by atoms with Crippen molar-refractivity contribution in [1.29, 1.82) is 0 Å². The largest absolute Gasteiger partial charge is 0.448 e. The lowest BCUT2D eigenvalue weighted by Crippen LogP contribution is -2.18. The Balaban J connectivity index is 2.27. The van der Waals surface area contributed by atoms with Crippen molar-refractivity contribution in [2.75, 3.05) is 17.8 Å². The monoisotopic (exact) mass is 309 g/mol. The van der Waals surface area contributed by atoms with Crippen molar-refractivity contribution in [3.05, 3.63) is 29.3 Å². The number of carbonyl (C=O) groups excluding carboxylic acids is 1. The standard InChI is InChI=1S/C17H24ClNO2/c1-11(2)14-5-4-6-15(12(3)13-7-8-13)16(14)19-17(20)21-10-9-18/h4-6,11-13H,7-10H2,1-3H3,(H,19,20)/t12-/m1/s1. The van der Waals surface area contributed by atoms with Gasteiger partial charge in [-0.15, -0.1) is 11.6 Å². The molecule has 1 N–H and O–H groups in total. The van der Waals surface area contributed by atoms with Crippen LogP contribution in [0.25, 0.3) is 0 Å². The Kier molecular flexibility index (Phi) is 5.51. The highest BCUT2D eigenvalue weighted by atomic mass is 35.5. The fourth-order valence-electron chi connectivity index (χ4n) is 2.71. The fourth-order valence-corrected chi connectivity index (χ4v) is 2.79. The summed E-state index contributed by atoms with van der Waals surface area (Å²) in [5.41, 5.74) is 3.29. The first kappa shape index (κ1) is 16.2. The van der Waals surface area contributed by atoms with Crippen molar-refractivity contribution in [1.82, 2.24) is 0 Å². The minimum Gasteiger partial charge on any atom is -0.448 e. The Morgan fingerprint density at radius 3 is 2.57 bits per heavy atom. The van der Waals surface area contributed by atoms with E-state index >= 15 is 0 Å². The number of nitrogens with one attached hydrogen (secondary N) is 1. The molecule has 1 aromatic carbocycles. The third kappa shape index (κ3) is 4.13. The second-order valence-corrected chi connectivity index (χ2v) is 6.42. The molecule has 0 unspecified atom stereocenters. The van der Waals surface area contributed by atoms with Crippen molar-refractivity contribution in [2.24, 2.45) is 5.92 Å². The number of amides is 1. The lowest BCUT2D eigenvalue weighted by Gasteiger charge is -2.21. The van der Waals surface area contributed by atoms with Crippen LogP contribution in [0.4, 0.5) is 10.5 Å². The molecule has 0 radical (unpaired) electrons. The van der Waals surface area contributed by atoms with Gasteiger partial charge in [0, 0.05) is 0 Å². The van der Waals surface area contributed by atoms with Gasteiger partial charge >= 0.3 is 6.09 Å². The summed E-state index contributed by atoms with van der Waals surface area (Å²) < 4.78 is 5.06. The van der Waals surface area contributed by atoms with Gasteiger partial charge in [0.1, 0.15) is 6.61 Å². The molecule has 1 aromatic rings. The van der Waals surface area contributed by atoms with Crippen LogP contribution in [0.1, 0.15) is 56.6 Å². The zero-order chi connectivity index (χ0) is 15.4. The molecule has 1 saturated carbocycles. The van der Waals surface area contributed by atoms with Crippen LogP contribution in [-0.2, 0) is 4.74 Å². The molecule has 0 aromatic heterocycles. The Morgan fingerprint density at radius 2 is 2.00 bits per heavy atom. The third-order valence-corrected chi connectivity index (χ3v) is 4.26. The minimum atomic E-state index is -0.423. The van der Waals surface area contributed by atoms with E-state index < -0.39 is 6.09 Å². The van der Waals surface area contributed by atoms with E-state index in [1.807, 2.05) is 0 Å². The molecule has 116 valence electrons. The molecule has 1 aliphatic rings.